The molecule has 1 aromatic carbocycles. The predicted octanol–water partition coefficient (Wildman–Crippen LogP) is 3.71. The Bertz CT molecular complexity index is 836. The number of guanidine groups is 1. The highest BCUT2D eigenvalue weighted by Crippen LogP contribution is 2.26. The minimum Gasteiger partial charge on any atom is -0.461 e. The van der Waals surface area contributed by atoms with E-state index < -0.39 is 0 Å². The second-order valence-corrected chi connectivity index (χ2v) is 8.51. The molecule has 30 heavy (non-hydrogen) atoms. The molecule has 2 N–H and O–H groups in total. The van der Waals surface area contributed by atoms with E-state index in [1.54, 1.807) is 0 Å². The van der Waals surface area contributed by atoms with E-state index >= 15 is 0 Å². The van der Waals surface area contributed by atoms with Gasteiger partial charge in [0.05, 0.1) is 0 Å². The fourth-order valence-electron chi connectivity index (χ4n) is 4.64. The number of likely N-dealkylation sites (tertiary alicyclic amines) is 1. The van der Waals surface area contributed by atoms with Crippen LogP contribution in [0.15, 0.2) is 39.7 Å². The van der Waals surface area contributed by atoms with E-state index in [2.05, 4.69) is 34.6 Å². The first-order valence-corrected chi connectivity index (χ1v) is 11.5. The molecule has 2 heterocycles. The molecule has 2 aromatic rings. The molecule has 0 spiro atoms. The highest BCUT2D eigenvalue weighted by Gasteiger charge is 2.31. The second-order valence-electron chi connectivity index (χ2n) is 8.51. The molecule has 1 saturated carbocycles. The molecule has 1 aromatic heterocycles. The van der Waals surface area contributed by atoms with Gasteiger partial charge in [0.1, 0.15) is 11.3 Å². The number of carbonyl (C=O) groups is 1. The summed E-state index contributed by atoms with van der Waals surface area (Å²) in [6.07, 6.45) is 7.57. The van der Waals surface area contributed by atoms with E-state index in [1.165, 1.54) is 19.3 Å². The van der Waals surface area contributed by atoms with E-state index in [0.29, 0.717) is 12.5 Å². The third-order valence-electron chi connectivity index (χ3n) is 6.24. The van der Waals surface area contributed by atoms with Crippen LogP contribution >= 0.6 is 0 Å². The SMILES string of the molecule is CCNC(=NCCc1cc2ccccc2o1)NC1CCN(C(=O)C2CCCCC2)C1. The van der Waals surface area contributed by atoms with Crippen molar-refractivity contribution in [1.82, 2.24) is 15.5 Å². The molecular weight excluding hydrogens is 376 g/mol. The molecule has 1 unspecified atom stereocenters. The van der Waals surface area contributed by atoms with Crippen LogP contribution in [0.25, 0.3) is 11.0 Å². The number of rotatable bonds is 6. The molecule has 0 bridgehead atoms. The standard InChI is InChI=1S/C24H34N4O2/c1-2-25-24(26-14-12-21-16-19-10-6-7-11-22(19)30-21)27-20-13-15-28(17-20)23(29)18-8-4-3-5-9-18/h6-7,10-11,16,18,20H,2-5,8-9,12-15,17H2,1H3,(H2,25,26,27). The number of furan rings is 1. The van der Waals surface area contributed by atoms with E-state index in [4.69, 9.17) is 9.41 Å². The number of hydrogen-bond donors (Lipinski definition) is 2. The second kappa shape index (κ2) is 10.0. The lowest BCUT2D eigenvalue weighted by atomic mass is 9.88. The van der Waals surface area contributed by atoms with Gasteiger partial charge < -0.3 is 20.0 Å². The van der Waals surface area contributed by atoms with Gasteiger partial charge >= 0.3 is 0 Å². The Hall–Kier alpha value is -2.50. The monoisotopic (exact) mass is 410 g/mol. The van der Waals surface area contributed by atoms with Crippen LogP contribution in [0.2, 0.25) is 0 Å². The number of aliphatic imine (C=N–C) groups is 1. The van der Waals surface area contributed by atoms with Crippen LogP contribution in [-0.4, -0.2) is 49.0 Å². The summed E-state index contributed by atoms with van der Waals surface area (Å²) in [6.45, 7) is 5.18. The predicted molar refractivity (Wildman–Crippen MR) is 121 cm³/mol. The van der Waals surface area contributed by atoms with Crippen molar-refractivity contribution in [3.8, 4) is 0 Å². The van der Waals surface area contributed by atoms with Crippen molar-refractivity contribution in [2.24, 2.45) is 10.9 Å². The number of nitrogens with one attached hydrogen (secondary N) is 2. The van der Waals surface area contributed by atoms with Gasteiger partial charge in [0, 0.05) is 49.9 Å². The summed E-state index contributed by atoms with van der Waals surface area (Å²) in [7, 11) is 0. The summed E-state index contributed by atoms with van der Waals surface area (Å²) in [4.78, 5) is 19.6. The van der Waals surface area contributed by atoms with Crippen LogP contribution in [0.4, 0.5) is 0 Å². The zero-order valence-corrected chi connectivity index (χ0v) is 18.0. The van der Waals surface area contributed by atoms with Gasteiger partial charge in [0.2, 0.25) is 5.91 Å². The lowest BCUT2D eigenvalue weighted by molar-refractivity contribution is -0.135. The summed E-state index contributed by atoms with van der Waals surface area (Å²) in [5.41, 5.74) is 0.926. The lowest BCUT2D eigenvalue weighted by Crippen LogP contribution is -2.45. The van der Waals surface area contributed by atoms with Crippen LogP contribution in [0.5, 0.6) is 0 Å². The summed E-state index contributed by atoms with van der Waals surface area (Å²) < 4.78 is 5.89. The third kappa shape index (κ3) is 5.15. The van der Waals surface area contributed by atoms with E-state index in [-0.39, 0.29) is 12.0 Å². The first kappa shape index (κ1) is 20.8. The first-order valence-electron chi connectivity index (χ1n) is 11.5. The lowest BCUT2D eigenvalue weighted by Gasteiger charge is -2.26. The van der Waals surface area contributed by atoms with E-state index in [1.807, 2.05) is 18.2 Å². The molecule has 1 aliphatic carbocycles. The number of carbonyl (C=O) groups excluding carboxylic acids is 1. The fraction of sp³-hybridized carbons (Fsp3) is 0.583. The molecule has 162 valence electrons. The average Bonchev–Trinajstić information content (AvgIpc) is 3.40. The minimum absolute atomic E-state index is 0.253. The molecule has 1 saturated heterocycles. The van der Waals surface area contributed by atoms with Crippen LogP contribution in [-0.2, 0) is 11.2 Å². The molecule has 0 radical (unpaired) electrons. The number of benzene rings is 1. The highest BCUT2D eigenvalue weighted by molar-refractivity contribution is 5.81. The van der Waals surface area contributed by atoms with E-state index in [0.717, 1.165) is 68.0 Å². The van der Waals surface area contributed by atoms with Crippen LogP contribution in [0.1, 0.15) is 51.2 Å². The largest absolute Gasteiger partial charge is 0.461 e. The quantitative estimate of drug-likeness (QED) is 0.563. The molecule has 2 aliphatic rings. The van der Waals surface area contributed by atoms with Gasteiger partial charge in [-0.3, -0.25) is 9.79 Å². The topological polar surface area (TPSA) is 69.9 Å². The Kier molecular flexibility index (Phi) is 6.92. The smallest absolute Gasteiger partial charge is 0.225 e. The Morgan fingerprint density at radius 2 is 2.03 bits per heavy atom. The van der Waals surface area contributed by atoms with Crippen LogP contribution in [0, 0.1) is 5.92 Å². The van der Waals surface area contributed by atoms with Gasteiger partial charge in [-0.15, -0.1) is 0 Å². The first-order chi connectivity index (χ1) is 14.7. The Balaban J connectivity index is 1.29. The van der Waals surface area contributed by atoms with Crippen molar-refractivity contribution in [3.05, 3.63) is 36.1 Å². The maximum Gasteiger partial charge on any atom is 0.225 e. The van der Waals surface area contributed by atoms with Crippen molar-refractivity contribution >= 4 is 22.8 Å². The summed E-state index contributed by atoms with van der Waals surface area (Å²) >= 11 is 0. The zero-order valence-electron chi connectivity index (χ0n) is 18.0. The van der Waals surface area contributed by atoms with Gasteiger partial charge in [-0.1, -0.05) is 37.5 Å². The van der Waals surface area contributed by atoms with Gasteiger partial charge in [-0.2, -0.15) is 0 Å². The Labute approximate surface area is 179 Å². The molecule has 1 atom stereocenters. The van der Waals surface area contributed by atoms with Crippen molar-refractivity contribution in [1.29, 1.82) is 0 Å². The molecule has 6 heteroatoms. The Morgan fingerprint density at radius 3 is 2.83 bits per heavy atom. The molecule has 6 nitrogen and oxygen atoms in total. The number of fused-ring (bicyclic) bond motifs is 1. The van der Waals surface area contributed by atoms with Crippen molar-refractivity contribution in [3.63, 3.8) is 0 Å². The van der Waals surface area contributed by atoms with Crippen molar-refractivity contribution in [2.75, 3.05) is 26.2 Å². The van der Waals surface area contributed by atoms with Gasteiger partial charge in [0.25, 0.3) is 0 Å². The molecule has 1 amide bonds. The van der Waals surface area contributed by atoms with Crippen LogP contribution in [0.3, 0.4) is 0 Å². The zero-order chi connectivity index (χ0) is 20.8. The third-order valence-corrected chi connectivity index (χ3v) is 6.24. The number of nitrogens with zero attached hydrogens (tertiary/aromatic N) is 2. The van der Waals surface area contributed by atoms with Gasteiger partial charge in [-0.05, 0) is 38.3 Å². The summed E-state index contributed by atoms with van der Waals surface area (Å²) in [6, 6.07) is 10.4. The van der Waals surface area contributed by atoms with Crippen molar-refractivity contribution < 1.29 is 9.21 Å². The number of hydrogen-bond acceptors (Lipinski definition) is 3. The maximum atomic E-state index is 12.8. The Morgan fingerprint density at radius 1 is 1.20 bits per heavy atom. The summed E-state index contributed by atoms with van der Waals surface area (Å²) in [5.74, 6) is 2.40. The molecule has 2 fully saturated rings. The fourth-order valence-corrected chi connectivity index (χ4v) is 4.64. The summed E-state index contributed by atoms with van der Waals surface area (Å²) in [5, 5.41) is 8.00. The molecule has 4 rings (SSSR count). The molecule has 1 aliphatic heterocycles. The number of amides is 1. The van der Waals surface area contributed by atoms with E-state index in [9.17, 15) is 4.79 Å². The minimum atomic E-state index is 0.253. The molecular formula is C24H34N4O2. The number of para-hydroxylation sites is 1. The van der Waals surface area contributed by atoms with Crippen molar-refractivity contribution in [2.45, 2.75) is 57.9 Å². The normalized spacial score (nSPS) is 20.6. The average molecular weight is 411 g/mol. The maximum absolute atomic E-state index is 12.8. The van der Waals surface area contributed by atoms with Crippen LogP contribution < -0.4 is 10.6 Å². The van der Waals surface area contributed by atoms with Gasteiger partial charge in [-0.25, -0.2) is 0 Å². The highest BCUT2D eigenvalue weighted by atomic mass is 16.3. The van der Waals surface area contributed by atoms with Gasteiger partial charge in [0.15, 0.2) is 5.96 Å².